The van der Waals surface area contributed by atoms with Crippen LogP contribution in [-0.2, 0) is 14.3 Å². The first-order chi connectivity index (χ1) is 17.2. The summed E-state index contributed by atoms with van der Waals surface area (Å²) in [4.78, 5) is 42.4. The lowest BCUT2D eigenvalue weighted by Gasteiger charge is -2.39. The predicted molar refractivity (Wildman–Crippen MR) is 154 cm³/mol. The Labute approximate surface area is 228 Å². The summed E-state index contributed by atoms with van der Waals surface area (Å²) in [7, 11) is 0. The molecule has 0 heterocycles. The van der Waals surface area contributed by atoms with E-state index in [1.807, 2.05) is 59.1 Å². The Kier molecular flexibility index (Phi) is 13.5. The fourth-order valence-electron chi connectivity index (χ4n) is 4.30. The van der Waals surface area contributed by atoms with Crippen molar-refractivity contribution in [2.75, 3.05) is 12.0 Å². The van der Waals surface area contributed by atoms with E-state index in [2.05, 4.69) is 17.6 Å². The number of hydrogen-bond acceptors (Lipinski definition) is 5. The van der Waals surface area contributed by atoms with Crippen molar-refractivity contribution in [3.63, 3.8) is 0 Å². The number of amides is 3. The van der Waals surface area contributed by atoms with E-state index in [9.17, 15) is 14.4 Å². The third-order valence-corrected chi connectivity index (χ3v) is 6.92. The molecule has 4 atom stereocenters. The second-order valence-corrected chi connectivity index (χ2v) is 11.9. The number of benzene rings is 1. The number of hydrogen-bond donors (Lipinski definition) is 2. The number of carbonyl (C=O) groups is 3. The molecule has 7 nitrogen and oxygen atoms in total. The molecule has 8 heteroatoms. The molecule has 1 aromatic rings. The Morgan fingerprint density at radius 3 is 2.22 bits per heavy atom. The largest absolute Gasteiger partial charge is 0.444 e. The standard InChI is InChI=1S/C29H49N3O4S/c1-11-13-21(5)30-26(33)25(23-15-14-19(3)18-20(23)4)32(22(6)12-2)27(34)24(16-17-37-10)31-28(35)36-29(7,8)9/h14-15,18,21-22,24-25H,11-13,16-17H2,1-10H3,(H,30,33)(H,31,35). The zero-order valence-electron chi connectivity index (χ0n) is 24.6. The molecular weight excluding hydrogens is 486 g/mol. The topological polar surface area (TPSA) is 87.7 Å². The molecule has 210 valence electrons. The molecule has 3 amide bonds. The number of nitrogens with one attached hydrogen (secondary N) is 2. The lowest BCUT2D eigenvalue weighted by atomic mass is 9.94. The Balaban J connectivity index is 3.57. The summed E-state index contributed by atoms with van der Waals surface area (Å²) in [6.45, 7) is 17.4. The summed E-state index contributed by atoms with van der Waals surface area (Å²) >= 11 is 1.60. The normalized spacial score (nSPS) is 14.8. The van der Waals surface area contributed by atoms with Crippen LogP contribution in [-0.4, -0.2) is 58.5 Å². The monoisotopic (exact) mass is 535 g/mol. The quantitative estimate of drug-likeness (QED) is 0.327. The molecule has 0 saturated heterocycles. The minimum Gasteiger partial charge on any atom is -0.444 e. The molecule has 0 spiro atoms. The Hall–Kier alpha value is -2.22. The molecule has 0 saturated carbocycles. The molecule has 0 aromatic heterocycles. The maximum absolute atomic E-state index is 14.2. The van der Waals surface area contributed by atoms with E-state index in [-0.39, 0.29) is 23.9 Å². The average molecular weight is 536 g/mol. The third-order valence-electron chi connectivity index (χ3n) is 6.28. The van der Waals surface area contributed by atoms with Crippen LogP contribution in [0.25, 0.3) is 0 Å². The van der Waals surface area contributed by atoms with Crippen LogP contribution in [0.15, 0.2) is 18.2 Å². The molecule has 0 radical (unpaired) electrons. The number of ether oxygens (including phenoxy) is 1. The van der Waals surface area contributed by atoms with Gasteiger partial charge >= 0.3 is 6.09 Å². The van der Waals surface area contributed by atoms with Crippen molar-refractivity contribution >= 4 is 29.7 Å². The van der Waals surface area contributed by atoms with Crippen LogP contribution in [0.2, 0.25) is 0 Å². The Bertz CT molecular complexity index is 900. The maximum Gasteiger partial charge on any atom is 0.408 e. The number of thioether (sulfide) groups is 1. The maximum atomic E-state index is 14.2. The van der Waals surface area contributed by atoms with Crippen LogP contribution >= 0.6 is 11.8 Å². The molecule has 37 heavy (non-hydrogen) atoms. The molecule has 0 aliphatic heterocycles. The molecular formula is C29H49N3O4S. The third kappa shape index (κ3) is 10.6. The van der Waals surface area contributed by atoms with Crippen LogP contribution in [0.4, 0.5) is 4.79 Å². The van der Waals surface area contributed by atoms with Crippen molar-refractivity contribution in [2.45, 2.75) is 118 Å². The lowest BCUT2D eigenvalue weighted by molar-refractivity contribution is -0.145. The second-order valence-electron chi connectivity index (χ2n) is 10.9. The van der Waals surface area contributed by atoms with E-state index in [1.165, 1.54) is 0 Å². The zero-order chi connectivity index (χ0) is 28.3. The van der Waals surface area contributed by atoms with Gasteiger partial charge in [-0.25, -0.2) is 4.79 Å². The number of rotatable bonds is 13. The van der Waals surface area contributed by atoms with Gasteiger partial charge in [-0.3, -0.25) is 9.59 Å². The van der Waals surface area contributed by atoms with E-state index >= 15 is 0 Å². The van der Waals surface area contributed by atoms with Crippen molar-refractivity contribution in [3.05, 3.63) is 34.9 Å². The summed E-state index contributed by atoms with van der Waals surface area (Å²) < 4.78 is 5.46. The highest BCUT2D eigenvalue weighted by Crippen LogP contribution is 2.30. The van der Waals surface area contributed by atoms with Gasteiger partial charge in [-0.05, 0) is 90.9 Å². The summed E-state index contributed by atoms with van der Waals surface area (Å²) in [5, 5.41) is 5.94. The summed E-state index contributed by atoms with van der Waals surface area (Å²) in [5.41, 5.74) is 2.14. The molecule has 1 aromatic carbocycles. The van der Waals surface area contributed by atoms with Crippen molar-refractivity contribution in [1.82, 2.24) is 15.5 Å². The molecule has 0 fully saturated rings. The van der Waals surface area contributed by atoms with Gasteiger partial charge in [0.2, 0.25) is 11.8 Å². The van der Waals surface area contributed by atoms with E-state index < -0.39 is 23.8 Å². The number of carbonyl (C=O) groups excluding carboxylic acids is 3. The summed E-state index contributed by atoms with van der Waals surface area (Å²) in [5.74, 6) is 0.189. The predicted octanol–water partition coefficient (Wildman–Crippen LogP) is 5.92. The van der Waals surface area contributed by atoms with Gasteiger partial charge in [0.05, 0.1) is 0 Å². The van der Waals surface area contributed by atoms with E-state index in [4.69, 9.17) is 4.74 Å². The van der Waals surface area contributed by atoms with Gasteiger partial charge < -0.3 is 20.3 Å². The first kappa shape index (κ1) is 32.8. The van der Waals surface area contributed by atoms with Gasteiger partial charge in [0.15, 0.2) is 0 Å². The van der Waals surface area contributed by atoms with Crippen molar-refractivity contribution < 1.29 is 19.1 Å². The fraction of sp³-hybridized carbons (Fsp3) is 0.690. The minimum absolute atomic E-state index is 0.0215. The van der Waals surface area contributed by atoms with Crippen LogP contribution in [0.5, 0.6) is 0 Å². The van der Waals surface area contributed by atoms with Crippen molar-refractivity contribution in [3.8, 4) is 0 Å². The fourth-order valence-corrected chi connectivity index (χ4v) is 4.77. The van der Waals surface area contributed by atoms with Crippen molar-refractivity contribution in [1.29, 1.82) is 0 Å². The SMILES string of the molecule is CCCC(C)NC(=O)C(c1ccc(C)cc1C)N(C(=O)C(CCSC)NC(=O)OC(C)(C)C)C(C)CC. The smallest absolute Gasteiger partial charge is 0.408 e. The van der Waals surface area contributed by atoms with Crippen LogP contribution in [0.1, 0.15) is 96.9 Å². The van der Waals surface area contributed by atoms with Crippen molar-refractivity contribution in [2.24, 2.45) is 0 Å². The minimum atomic E-state index is -0.820. The first-order valence-electron chi connectivity index (χ1n) is 13.4. The highest BCUT2D eigenvalue weighted by molar-refractivity contribution is 7.98. The van der Waals surface area contributed by atoms with Gasteiger partial charge in [0.1, 0.15) is 17.7 Å². The van der Waals surface area contributed by atoms with Crippen LogP contribution in [0.3, 0.4) is 0 Å². The van der Waals surface area contributed by atoms with Gasteiger partial charge in [-0.15, -0.1) is 0 Å². The van der Waals surface area contributed by atoms with Crippen LogP contribution in [0, 0.1) is 13.8 Å². The van der Waals surface area contributed by atoms with Gasteiger partial charge in [0.25, 0.3) is 0 Å². The number of alkyl carbamates (subject to hydrolysis) is 1. The highest BCUT2D eigenvalue weighted by atomic mass is 32.2. The number of aryl methyl sites for hydroxylation is 2. The second kappa shape index (κ2) is 15.3. The molecule has 2 N–H and O–H groups in total. The lowest BCUT2D eigenvalue weighted by Crippen LogP contribution is -2.56. The summed E-state index contributed by atoms with van der Waals surface area (Å²) in [6, 6.07) is 4.07. The van der Waals surface area contributed by atoms with Crippen LogP contribution < -0.4 is 10.6 Å². The van der Waals surface area contributed by atoms with Gasteiger partial charge in [0, 0.05) is 12.1 Å². The highest BCUT2D eigenvalue weighted by Gasteiger charge is 2.39. The molecule has 0 aliphatic rings. The number of nitrogens with zero attached hydrogens (tertiary/aromatic N) is 1. The average Bonchev–Trinajstić information content (AvgIpc) is 2.78. The molecule has 4 unspecified atom stereocenters. The van der Waals surface area contributed by atoms with Gasteiger partial charge in [-0.1, -0.05) is 44.0 Å². The van der Waals surface area contributed by atoms with E-state index in [1.54, 1.807) is 37.4 Å². The summed E-state index contributed by atoms with van der Waals surface area (Å²) in [6.07, 6.45) is 4.20. The molecule has 0 aliphatic carbocycles. The van der Waals surface area contributed by atoms with Gasteiger partial charge in [-0.2, -0.15) is 11.8 Å². The first-order valence-corrected chi connectivity index (χ1v) is 14.8. The Morgan fingerprint density at radius 2 is 1.70 bits per heavy atom. The Morgan fingerprint density at radius 1 is 1.05 bits per heavy atom. The zero-order valence-corrected chi connectivity index (χ0v) is 25.4. The molecule has 1 rings (SSSR count). The van der Waals surface area contributed by atoms with E-state index in [0.29, 0.717) is 18.6 Å². The molecule has 0 bridgehead atoms. The van der Waals surface area contributed by atoms with E-state index in [0.717, 1.165) is 29.5 Å².